The second-order valence-corrected chi connectivity index (χ2v) is 7.22. The molecule has 1 aliphatic heterocycles. The van der Waals surface area contributed by atoms with E-state index in [4.69, 9.17) is 5.73 Å². The number of nitrogens with two attached hydrogens (primary N) is 1. The topological polar surface area (TPSA) is 59.2 Å². The third-order valence-corrected chi connectivity index (χ3v) is 5.95. The van der Waals surface area contributed by atoms with Crippen LogP contribution >= 0.6 is 23.1 Å². The van der Waals surface area contributed by atoms with Crippen molar-refractivity contribution in [2.75, 3.05) is 23.8 Å². The summed E-state index contributed by atoms with van der Waals surface area (Å²) in [6.07, 6.45) is 1.77. The number of rotatable bonds is 1. The van der Waals surface area contributed by atoms with Crippen molar-refractivity contribution in [3.05, 3.63) is 22.7 Å². The maximum atomic E-state index is 12.7. The molecule has 20 heavy (non-hydrogen) atoms. The van der Waals surface area contributed by atoms with E-state index >= 15 is 0 Å². The van der Waals surface area contributed by atoms with Crippen molar-refractivity contribution in [3.63, 3.8) is 0 Å². The number of fused-ring (bicyclic) bond motifs is 1. The minimum Gasteiger partial charge on any atom is -0.397 e. The number of aromatic nitrogens is 1. The monoisotopic (exact) mass is 307 g/mol. The number of hydrogen-bond acceptors (Lipinski definition) is 5. The zero-order valence-corrected chi connectivity index (χ0v) is 13.2. The van der Waals surface area contributed by atoms with Crippen LogP contribution in [-0.2, 0) is 0 Å². The number of anilines is 1. The van der Waals surface area contributed by atoms with Crippen LogP contribution in [0.15, 0.2) is 12.3 Å². The van der Waals surface area contributed by atoms with Gasteiger partial charge in [0.1, 0.15) is 9.71 Å². The molecule has 3 rings (SSSR count). The number of aryl methyl sites for hydroxylation is 1. The van der Waals surface area contributed by atoms with E-state index in [0.29, 0.717) is 10.6 Å². The number of hydrogen-bond donors (Lipinski definition) is 1. The van der Waals surface area contributed by atoms with Gasteiger partial charge in [0.05, 0.1) is 5.69 Å². The number of amides is 1. The van der Waals surface area contributed by atoms with E-state index in [-0.39, 0.29) is 11.9 Å². The molecule has 4 nitrogen and oxygen atoms in total. The van der Waals surface area contributed by atoms with Gasteiger partial charge in [-0.05, 0) is 25.5 Å². The number of thioether (sulfide) groups is 1. The molecule has 1 atom stereocenters. The van der Waals surface area contributed by atoms with Gasteiger partial charge in [-0.1, -0.05) is 0 Å². The Bertz CT molecular complexity index is 668. The first-order valence-electron chi connectivity index (χ1n) is 6.62. The Hall–Kier alpha value is -1.27. The van der Waals surface area contributed by atoms with Gasteiger partial charge in [0, 0.05) is 35.7 Å². The molecule has 2 aromatic rings. The SMILES string of the molecule is Cc1ccnc2sc(C(=O)N3CCSCC3C)c(N)c12. The summed E-state index contributed by atoms with van der Waals surface area (Å²) in [5.74, 6) is 2.05. The predicted octanol–water partition coefficient (Wildman–Crippen LogP) is 2.76. The van der Waals surface area contributed by atoms with Gasteiger partial charge in [0.15, 0.2) is 0 Å². The fourth-order valence-corrected chi connectivity index (χ4v) is 4.63. The Morgan fingerprint density at radius 3 is 3.05 bits per heavy atom. The highest BCUT2D eigenvalue weighted by Crippen LogP contribution is 2.35. The first-order chi connectivity index (χ1) is 9.59. The Morgan fingerprint density at radius 1 is 1.55 bits per heavy atom. The molecule has 3 heterocycles. The highest BCUT2D eigenvalue weighted by molar-refractivity contribution is 7.99. The summed E-state index contributed by atoms with van der Waals surface area (Å²) in [6, 6.07) is 2.19. The zero-order chi connectivity index (χ0) is 14.3. The van der Waals surface area contributed by atoms with Gasteiger partial charge in [0.2, 0.25) is 0 Å². The molecule has 0 saturated carbocycles. The van der Waals surface area contributed by atoms with Gasteiger partial charge in [-0.15, -0.1) is 11.3 Å². The van der Waals surface area contributed by atoms with E-state index in [1.807, 2.05) is 29.7 Å². The minimum absolute atomic E-state index is 0.0534. The van der Waals surface area contributed by atoms with Gasteiger partial charge < -0.3 is 10.6 Å². The highest BCUT2D eigenvalue weighted by Gasteiger charge is 2.28. The average Bonchev–Trinajstić information content (AvgIpc) is 2.77. The largest absolute Gasteiger partial charge is 0.397 e. The van der Waals surface area contributed by atoms with E-state index in [1.54, 1.807) is 6.20 Å². The van der Waals surface area contributed by atoms with Crippen molar-refractivity contribution in [2.45, 2.75) is 19.9 Å². The molecule has 6 heteroatoms. The van der Waals surface area contributed by atoms with Crippen molar-refractivity contribution in [2.24, 2.45) is 0 Å². The molecule has 1 aliphatic rings. The highest BCUT2D eigenvalue weighted by atomic mass is 32.2. The Balaban J connectivity index is 2.03. The molecule has 1 amide bonds. The molecule has 0 spiro atoms. The number of thiophene rings is 1. The molecule has 0 radical (unpaired) electrons. The maximum absolute atomic E-state index is 12.7. The fourth-order valence-electron chi connectivity index (χ4n) is 2.52. The molecule has 0 bridgehead atoms. The van der Waals surface area contributed by atoms with Crippen molar-refractivity contribution in [1.29, 1.82) is 0 Å². The number of nitrogens with zero attached hydrogens (tertiary/aromatic N) is 2. The van der Waals surface area contributed by atoms with Crippen LogP contribution in [0.4, 0.5) is 5.69 Å². The quantitative estimate of drug-likeness (QED) is 0.880. The number of carbonyl (C=O) groups is 1. The normalized spacial score (nSPS) is 19.5. The van der Waals surface area contributed by atoms with Gasteiger partial charge in [0.25, 0.3) is 5.91 Å². The average molecular weight is 307 g/mol. The standard InChI is InChI=1S/C14H17N3OS2/c1-8-3-4-16-13-10(8)11(15)12(20-13)14(18)17-5-6-19-7-9(17)2/h3-4,9H,5-7,15H2,1-2H3. The summed E-state index contributed by atoms with van der Waals surface area (Å²) in [6.45, 7) is 4.89. The van der Waals surface area contributed by atoms with Gasteiger partial charge in [-0.3, -0.25) is 4.79 Å². The van der Waals surface area contributed by atoms with Crippen LogP contribution in [0, 0.1) is 6.92 Å². The van der Waals surface area contributed by atoms with Crippen LogP contribution in [0.3, 0.4) is 0 Å². The molecule has 106 valence electrons. The first kappa shape index (κ1) is 13.7. The Morgan fingerprint density at radius 2 is 2.35 bits per heavy atom. The van der Waals surface area contributed by atoms with Gasteiger partial charge >= 0.3 is 0 Å². The van der Waals surface area contributed by atoms with Crippen LogP contribution in [0.1, 0.15) is 22.2 Å². The molecule has 2 aromatic heterocycles. The number of pyridine rings is 1. The lowest BCUT2D eigenvalue weighted by molar-refractivity contribution is 0.0722. The van der Waals surface area contributed by atoms with Crippen molar-refractivity contribution < 1.29 is 4.79 Å². The van der Waals surface area contributed by atoms with E-state index in [1.165, 1.54) is 11.3 Å². The van der Waals surface area contributed by atoms with Crippen LogP contribution in [0.25, 0.3) is 10.2 Å². The van der Waals surface area contributed by atoms with Crippen LogP contribution in [-0.4, -0.2) is 39.9 Å². The zero-order valence-electron chi connectivity index (χ0n) is 11.5. The molecule has 2 N–H and O–H groups in total. The lowest BCUT2D eigenvalue weighted by atomic mass is 10.1. The third kappa shape index (κ3) is 2.16. The molecule has 1 fully saturated rings. The van der Waals surface area contributed by atoms with Crippen molar-refractivity contribution in [1.82, 2.24) is 9.88 Å². The predicted molar refractivity (Wildman–Crippen MR) is 86.6 cm³/mol. The third-order valence-electron chi connectivity index (χ3n) is 3.66. The summed E-state index contributed by atoms with van der Waals surface area (Å²) in [5, 5.41) is 0.930. The van der Waals surface area contributed by atoms with E-state index in [9.17, 15) is 4.79 Å². The molecule has 1 saturated heterocycles. The number of carbonyl (C=O) groups excluding carboxylic acids is 1. The first-order valence-corrected chi connectivity index (χ1v) is 8.59. The van der Waals surface area contributed by atoms with E-state index in [0.717, 1.165) is 33.8 Å². The smallest absolute Gasteiger partial charge is 0.266 e. The van der Waals surface area contributed by atoms with Crippen molar-refractivity contribution in [3.8, 4) is 0 Å². The molecule has 1 unspecified atom stereocenters. The number of nitrogen functional groups attached to an aromatic ring is 1. The van der Waals surface area contributed by atoms with Gasteiger partial charge in [-0.2, -0.15) is 11.8 Å². The summed E-state index contributed by atoms with van der Waals surface area (Å²) in [4.78, 5) is 20.5. The van der Waals surface area contributed by atoms with Crippen LogP contribution in [0.5, 0.6) is 0 Å². The van der Waals surface area contributed by atoms with Crippen LogP contribution < -0.4 is 5.73 Å². The minimum atomic E-state index is 0.0534. The van der Waals surface area contributed by atoms with E-state index < -0.39 is 0 Å². The maximum Gasteiger partial charge on any atom is 0.266 e. The van der Waals surface area contributed by atoms with Gasteiger partial charge in [-0.25, -0.2) is 4.98 Å². The molecular weight excluding hydrogens is 290 g/mol. The summed E-state index contributed by atoms with van der Waals surface area (Å²) in [7, 11) is 0. The summed E-state index contributed by atoms with van der Waals surface area (Å²) < 4.78 is 0. The molecule has 0 aliphatic carbocycles. The second kappa shape index (κ2) is 5.26. The molecule has 0 aromatic carbocycles. The molecular formula is C14H17N3OS2. The lowest BCUT2D eigenvalue weighted by Gasteiger charge is -2.32. The Labute approximate surface area is 126 Å². The lowest BCUT2D eigenvalue weighted by Crippen LogP contribution is -2.44. The Kier molecular flexibility index (Phi) is 3.60. The fraction of sp³-hybridized carbons (Fsp3) is 0.429. The second-order valence-electron chi connectivity index (χ2n) is 5.08. The van der Waals surface area contributed by atoms with E-state index in [2.05, 4.69) is 11.9 Å². The van der Waals surface area contributed by atoms with Crippen molar-refractivity contribution >= 4 is 44.9 Å². The summed E-state index contributed by atoms with van der Waals surface area (Å²) in [5.41, 5.74) is 7.87. The summed E-state index contributed by atoms with van der Waals surface area (Å²) >= 11 is 3.30. The van der Waals surface area contributed by atoms with Crippen LogP contribution in [0.2, 0.25) is 0 Å².